The zero-order valence-corrected chi connectivity index (χ0v) is 16.8. The van der Waals surface area contributed by atoms with Crippen molar-refractivity contribution in [2.24, 2.45) is 0 Å². The number of methoxy groups -OCH3 is 1. The van der Waals surface area contributed by atoms with Crippen molar-refractivity contribution in [3.8, 4) is 17.0 Å². The summed E-state index contributed by atoms with van der Waals surface area (Å²) in [5.41, 5.74) is 7.51. The average Bonchev–Trinajstić information content (AvgIpc) is 3.15. The van der Waals surface area contributed by atoms with E-state index in [9.17, 15) is 0 Å². The van der Waals surface area contributed by atoms with E-state index in [1.807, 2.05) is 18.3 Å². The third-order valence-electron chi connectivity index (χ3n) is 5.42. The minimum Gasteiger partial charge on any atom is -0.497 e. The van der Waals surface area contributed by atoms with Crippen molar-refractivity contribution in [1.29, 1.82) is 0 Å². The van der Waals surface area contributed by atoms with Crippen LogP contribution in [0.4, 0.5) is 0 Å². The van der Waals surface area contributed by atoms with Gasteiger partial charge in [0.2, 0.25) is 0 Å². The molecule has 0 radical (unpaired) electrons. The lowest BCUT2D eigenvalue weighted by Crippen LogP contribution is -1.99. The number of aromatic nitrogens is 2. The molecule has 2 aromatic carbocycles. The Morgan fingerprint density at radius 1 is 0.929 bits per heavy atom. The van der Waals surface area contributed by atoms with E-state index in [1.165, 1.54) is 27.6 Å². The van der Waals surface area contributed by atoms with Crippen LogP contribution in [0.15, 0.2) is 67.0 Å². The van der Waals surface area contributed by atoms with Gasteiger partial charge in [0.15, 0.2) is 0 Å². The van der Waals surface area contributed by atoms with Crippen LogP contribution in [0.25, 0.3) is 22.2 Å². The highest BCUT2D eigenvalue weighted by Crippen LogP contribution is 2.30. The van der Waals surface area contributed by atoms with Crippen LogP contribution >= 0.6 is 0 Å². The molecular formula is C25H26N2O. The largest absolute Gasteiger partial charge is 0.497 e. The molecule has 0 unspecified atom stereocenters. The lowest BCUT2D eigenvalue weighted by Gasteiger charge is -2.13. The third kappa shape index (κ3) is 3.40. The monoisotopic (exact) mass is 370 g/mol. The van der Waals surface area contributed by atoms with Crippen LogP contribution in [0, 0.1) is 0 Å². The van der Waals surface area contributed by atoms with E-state index in [2.05, 4.69) is 67.1 Å². The molecular weight excluding hydrogens is 344 g/mol. The van der Waals surface area contributed by atoms with Gasteiger partial charge in [0.1, 0.15) is 5.75 Å². The molecule has 0 aliphatic heterocycles. The number of hydrogen-bond acceptors (Lipinski definition) is 2. The normalized spacial score (nSPS) is 11.1. The van der Waals surface area contributed by atoms with Gasteiger partial charge in [-0.15, -0.1) is 0 Å². The van der Waals surface area contributed by atoms with Crippen LogP contribution in [0.3, 0.4) is 0 Å². The summed E-state index contributed by atoms with van der Waals surface area (Å²) in [6.45, 7) is 5.24. The number of fused-ring (bicyclic) bond motifs is 1. The van der Waals surface area contributed by atoms with E-state index in [0.717, 1.165) is 36.3 Å². The Balaban J connectivity index is 1.70. The molecule has 0 atom stereocenters. The maximum absolute atomic E-state index is 5.25. The van der Waals surface area contributed by atoms with Crippen LogP contribution in [0.2, 0.25) is 0 Å². The Morgan fingerprint density at radius 3 is 2.29 bits per heavy atom. The fraction of sp³-hybridized carbons (Fsp3) is 0.240. The van der Waals surface area contributed by atoms with Crippen LogP contribution in [0.5, 0.6) is 5.75 Å². The number of ether oxygens (including phenoxy) is 1. The molecule has 0 amide bonds. The molecule has 4 aromatic rings. The van der Waals surface area contributed by atoms with Gasteiger partial charge in [-0.05, 0) is 53.8 Å². The Bertz CT molecular complexity index is 1070. The lowest BCUT2D eigenvalue weighted by atomic mass is 9.94. The van der Waals surface area contributed by atoms with Gasteiger partial charge in [0, 0.05) is 23.7 Å². The molecule has 0 saturated heterocycles. The minimum atomic E-state index is 0.820. The van der Waals surface area contributed by atoms with Gasteiger partial charge < -0.3 is 9.30 Å². The standard InChI is InChI=1S/C25H26N2O/c1-4-19-7-6-8-20(5-2)25(19)23-15-21-13-14-27(24(21)16-26-23)17-18-9-11-22(28-3)12-10-18/h6-16H,4-5,17H2,1-3H3. The average molecular weight is 370 g/mol. The van der Waals surface area contributed by atoms with Crippen molar-refractivity contribution < 1.29 is 4.74 Å². The van der Waals surface area contributed by atoms with Gasteiger partial charge in [-0.25, -0.2) is 0 Å². The molecule has 28 heavy (non-hydrogen) atoms. The molecule has 0 aliphatic rings. The first-order valence-electron chi connectivity index (χ1n) is 9.92. The molecule has 0 spiro atoms. The van der Waals surface area contributed by atoms with E-state index in [1.54, 1.807) is 7.11 Å². The number of pyridine rings is 1. The fourth-order valence-corrected chi connectivity index (χ4v) is 3.86. The van der Waals surface area contributed by atoms with Crippen LogP contribution in [0.1, 0.15) is 30.5 Å². The first-order valence-corrected chi connectivity index (χ1v) is 9.92. The second-order valence-corrected chi connectivity index (χ2v) is 7.08. The molecule has 0 bridgehead atoms. The number of nitrogens with zero attached hydrogens (tertiary/aromatic N) is 2. The highest BCUT2D eigenvalue weighted by molar-refractivity contribution is 5.84. The van der Waals surface area contributed by atoms with Gasteiger partial charge in [-0.1, -0.05) is 44.2 Å². The fourth-order valence-electron chi connectivity index (χ4n) is 3.86. The van der Waals surface area contributed by atoms with Gasteiger partial charge >= 0.3 is 0 Å². The predicted octanol–water partition coefficient (Wildman–Crippen LogP) is 5.89. The smallest absolute Gasteiger partial charge is 0.118 e. The number of benzene rings is 2. The maximum atomic E-state index is 5.25. The summed E-state index contributed by atoms with van der Waals surface area (Å²) in [6, 6.07) is 19.2. The summed E-state index contributed by atoms with van der Waals surface area (Å²) >= 11 is 0. The van der Waals surface area contributed by atoms with Crippen LogP contribution < -0.4 is 4.74 Å². The zero-order valence-electron chi connectivity index (χ0n) is 16.8. The Morgan fingerprint density at radius 2 is 1.64 bits per heavy atom. The topological polar surface area (TPSA) is 27.1 Å². The summed E-state index contributed by atoms with van der Waals surface area (Å²) in [5.74, 6) is 0.883. The highest BCUT2D eigenvalue weighted by Gasteiger charge is 2.12. The summed E-state index contributed by atoms with van der Waals surface area (Å²) in [7, 11) is 1.69. The highest BCUT2D eigenvalue weighted by atomic mass is 16.5. The number of hydrogen-bond donors (Lipinski definition) is 0. The zero-order chi connectivity index (χ0) is 19.5. The van der Waals surface area contributed by atoms with E-state index >= 15 is 0 Å². The third-order valence-corrected chi connectivity index (χ3v) is 5.42. The quantitative estimate of drug-likeness (QED) is 0.423. The van der Waals surface area contributed by atoms with E-state index in [0.29, 0.717) is 0 Å². The number of aryl methyl sites for hydroxylation is 2. The minimum absolute atomic E-state index is 0.820. The van der Waals surface area contributed by atoms with Crippen LogP contribution in [-0.4, -0.2) is 16.7 Å². The van der Waals surface area contributed by atoms with Gasteiger partial charge in [0.05, 0.1) is 24.5 Å². The van der Waals surface area contributed by atoms with Crippen LogP contribution in [-0.2, 0) is 19.4 Å². The summed E-state index contributed by atoms with van der Waals surface area (Å²) in [4.78, 5) is 4.86. The van der Waals surface area contributed by atoms with Crippen molar-refractivity contribution >= 4 is 10.9 Å². The van der Waals surface area contributed by atoms with Crippen molar-refractivity contribution in [2.45, 2.75) is 33.2 Å². The van der Waals surface area contributed by atoms with Gasteiger partial charge in [-0.3, -0.25) is 4.98 Å². The van der Waals surface area contributed by atoms with E-state index in [4.69, 9.17) is 9.72 Å². The molecule has 3 heteroatoms. The molecule has 0 saturated carbocycles. The second-order valence-electron chi connectivity index (χ2n) is 7.08. The Labute approximate surface area is 166 Å². The molecule has 2 aromatic heterocycles. The van der Waals surface area contributed by atoms with Crippen molar-refractivity contribution in [2.75, 3.05) is 7.11 Å². The van der Waals surface area contributed by atoms with Gasteiger partial charge in [-0.2, -0.15) is 0 Å². The van der Waals surface area contributed by atoms with Crippen molar-refractivity contribution in [1.82, 2.24) is 9.55 Å². The van der Waals surface area contributed by atoms with Crippen molar-refractivity contribution in [3.63, 3.8) is 0 Å². The molecule has 2 heterocycles. The molecule has 0 aliphatic carbocycles. The molecule has 142 valence electrons. The molecule has 0 N–H and O–H groups in total. The summed E-state index contributed by atoms with van der Waals surface area (Å²) in [6.07, 6.45) is 6.19. The summed E-state index contributed by atoms with van der Waals surface area (Å²) in [5, 5.41) is 1.23. The summed E-state index contributed by atoms with van der Waals surface area (Å²) < 4.78 is 7.50. The van der Waals surface area contributed by atoms with E-state index in [-0.39, 0.29) is 0 Å². The Kier molecular flexibility index (Phi) is 5.16. The molecule has 3 nitrogen and oxygen atoms in total. The Hall–Kier alpha value is -3.07. The second kappa shape index (κ2) is 7.89. The first-order chi connectivity index (χ1) is 13.7. The molecule has 0 fully saturated rings. The van der Waals surface area contributed by atoms with Gasteiger partial charge in [0.25, 0.3) is 0 Å². The van der Waals surface area contributed by atoms with Crippen molar-refractivity contribution in [3.05, 3.63) is 83.7 Å². The maximum Gasteiger partial charge on any atom is 0.118 e. The SMILES string of the molecule is CCc1cccc(CC)c1-c1cc2ccn(Cc3ccc(OC)cc3)c2cn1. The molecule has 4 rings (SSSR count). The van der Waals surface area contributed by atoms with E-state index < -0.39 is 0 Å². The lowest BCUT2D eigenvalue weighted by molar-refractivity contribution is 0.414. The number of rotatable bonds is 6. The first kappa shape index (κ1) is 18.3. The predicted molar refractivity (Wildman–Crippen MR) is 116 cm³/mol.